The Morgan fingerprint density at radius 2 is 2.25 bits per heavy atom. The SMILES string of the molecule is O=C=NC1CCc2ccc(C(=O)O)cc2C1. The van der Waals surface area contributed by atoms with Gasteiger partial charge in [0.2, 0.25) is 6.08 Å². The fourth-order valence-electron chi connectivity index (χ4n) is 2.06. The number of isocyanates is 1. The minimum atomic E-state index is -0.927. The minimum Gasteiger partial charge on any atom is -0.478 e. The first-order valence-corrected chi connectivity index (χ1v) is 5.13. The van der Waals surface area contributed by atoms with Crippen molar-refractivity contribution >= 4 is 12.0 Å². The molecule has 0 aliphatic heterocycles. The molecule has 0 aromatic heterocycles. The van der Waals surface area contributed by atoms with Crippen LogP contribution in [0.15, 0.2) is 23.2 Å². The Kier molecular flexibility index (Phi) is 2.84. The molecule has 0 radical (unpaired) electrons. The summed E-state index contributed by atoms with van der Waals surface area (Å²) in [5.41, 5.74) is 2.42. The lowest BCUT2D eigenvalue weighted by Gasteiger charge is -2.20. The molecule has 0 saturated heterocycles. The molecule has 82 valence electrons. The maximum atomic E-state index is 10.8. The van der Waals surface area contributed by atoms with Crippen molar-refractivity contribution < 1.29 is 14.7 Å². The first-order valence-electron chi connectivity index (χ1n) is 5.13. The van der Waals surface area contributed by atoms with Crippen LogP contribution in [0.5, 0.6) is 0 Å². The van der Waals surface area contributed by atoms with Crippen molar-refractivity contribution in [2.24, 2.45) is 4.99 Å². The van der Waals surface area contributed by atoms with E-state index in [-0.39, 0.29) is 11.6 Å². The average molecular weight is 217 g/mol. The first-order chi connectivity index (χ1) is 7.70. The Balaban J connectivity index is 2.31. The van der Waals surface area contributed by atoms with Crippen LogP contribution in [-0.4, -0.2) is 23.2 Å². The molecule has 1 atom stereocenters. The number of hydrogen-bond donors (Lipinski definition) is 1. The minimum absolute atomic E-state index is 0.0472. The molecule has 0 spiro atoms. The number of aryl methyl sites for hydroxylation is 1. The topological polar surface area (TPSA) is 66.7 Å². The van der Waals surface area contributed by atoms with Gasteiger partial charge < -0.3 is 5.11 Å². The Morgan fingerprint density at radius 3 is 2.94 bits per heavy atom. The van der Waals surface area contributed by atoms with Crippen molar-refractivity contribution in [1.29, 1.82) is 0 Å². The van der Waals surface area contributed by atoms with Crippen LogP contribution in [-0.2, 0) is 17.6 Å². The molecule has 0 saturated carbocycles. The molecular weight excluding hydrogens is 206 g/mol. The van der Waals surface area contributed by atoms with Gasteiger partial charge >= 0.3 is 5.97 Å². The molecule has 1 N–H and O–H groups in total. The molecule has 2 rings (SSSR count). The molecule has 1 unspecified atom stereocenters. The quantitative estimate of drug-likeness (QED) is 0.604. The van der Waals surface area contributed by atoms with E-state index in [1.807, 2.05) is 6.07 Å². The highest BCUT2D eigenvalue weighted by atomic mass is 16.4. The van der Waals surface area contributed by atoms with Gasteiger partial charge in [0.15, 0.2) is 0 Å². The van der Waals surface area contributed by atoms with E-state index < -0.39 is 5.97 Å². The number of benzene rings is 1. The lowest BCUT2D eigenvalue weighted by Crippen LogP contribution is -2.17. The van der Waals surface area contributed by atoms with Crippen LogP contribution in [0.4, 0.5) is 0 Å². The average Bonchev–Trinajstić information content (AvgIpc) is 2.28. The van der Waals surface area contributed by atoms with E-state index in [2.05, 4.69) is 4.99 Å². The summed E-state index contributed by atoms with van der Waals surface area (Å²) in [5.74, 6) is -0.927. The van der Waals surface area contributed by atoms with Gasteiger partial charge in [0.1, 0.15) is 0 Å². The number of carboxylic acid groups (broad SMARTS) is 1. The van der Waals surface area contributed by atoms with Gasteiger partial charge in [-0.2, -0.15) is 0 Å². The van der Waals surface area contributed by atoms with Gasteiger partial charge in [-0.05, 0) is 42.5 Å². The molecule has 0 fully saturated rings. The summed E-state index contributed by atoms with van der Waals surface area (Å²) in [6.07, 6.45) is 3.86. The second kappa shape index (κ2) is 4.29. The molecular formula is C12H11NO3. The summed E-state index contributed by atoms with van der Waals surface area (Å²) in [5, 5.41) is 8.87. The van der Waals surface area contributed by atoms with Gasteiger partial charge in [0.05, 0.1) is 11.6 Å². The lowest BCUT2D eigenvalue weighted by atomic mass is 9.87. The molecule has 1 aliphatic carbocycles. The highest BCUT2D eigenvalue weighted by Gasteiger charge is 2.19. The maximum absolute atomic E-state index is 10.8. The van der Waals surface area contributed by atoms with Crippen LogP contribution in [0.2, 0.25) is 0 Å². The van der Waals surface area contributed by atoms with Gasteiger partial charge in [-0.15, -0.1) is 0 Å². The van der Waals surface area contributed by atoms with Gasteiger partial charge in [0, 0.05) is 0 Å². The first kappa shape index (κ1) is 10.6. The van der Waals surface area contributed by atoms with Gasteiger partial charge in [0.25, 0.3) is 0 Å². The molecule has 4 nitrogen and oxygen atoms in total. The zero-order valence-corrected chi connectivity index (χ0v) is 8.64. The molecule has 4 heteroatoms. The fraction of sp³-hybridized carbons (Fsp3) is 0.333. The molecule has 1 aliphatic rings. The van der Waals surface area contributed by atoms with E-state index in [4.69, 9.17) is 5.11 Å². The Morgan fingerprint density at radius 1 is 1.44 bits per heavy atom. The van der Waals surface area contributed by atoms with Crippen molar-refractivity contribution in [3.05, 3.63) is 34.9 Å². The standard InChI is InChI=1S/C12H11NO3/c14-7-13-11-4-3-8-1-2-9(12(15)16)5-10(8)6-11/h1-2,5,11H,3-4,6H2,(H,15,16). The Bertz CT molecular complexity index is 475. The van der Waals surface area contributed by atoms with Crippen LogP contribution >= 0.6 is 0 Å². The number of carboxylic acids is 1. The summed E-state index contributed by atoms with van der Waals surface area (Å²) in [7, 11) is 0. The normalized spacial score (nSPS) is 18.4. The molecule has 16 heavy (non-hydrogen) atoms. The predicted molar refractivity (Wildman–Crippen MR) is 57.3 cm³/mol. The zero-order valence-electron chi connectivity index (χ0n) is 8.64. The summed E-state index contributed by atoms with van der Waals surface area (Å²) in [6.45, 7) is 0. The van der Waals surface area contributed by atoms with Gasteiger partial charge in [-0.25, -0.2) is 14.6 Å². The van der Waals surface area contributed by atoms with Crippen LogP contribution in [0, 0.1) is 0 Å². The van der Waals surface area contributed by atoms with Gasteiger partial charge in [-0.1, -0.05) is 6.07 Å². The van der Waals surface area contributed by atoms with Crippen molar-refractivity contribution in [2.45, 2.75) is 25.3 Å². The summed E-state index contributed by atoms with van der Waals surface area (Å²) >= 11 is 0. The molecule has 0 bridgehead atoms. The third-order valence-electron chi connectivity index (χ3n) is 2.89. The number of nitrogens with zero attached hydrogens (tertiary/aromatic N) is 1. The fourth-order valence-corrected chi connectivity index (χ4v) is 2.06. The number of carbonyl (C=O) groups excluding carboxylic acids is 1. The number of hydrogen-bond acceptors (Lipinski definition) is 3. The predicted octanol–water partition coefficient (Wildman–Crippen LogP) is 1.58. The summed E-state index contributed by atoms with van der Waals surface area (Å²) < 4.78 is 0. The second-order valence-electron chi connectivity index (χ2n) is 3.91. The molecule has 0 amide bonds. The third-order valence-corrected chi connectivity index (χ3v) is 2.89. The Labute approximate surface area is 92.6 Å². The van der Waals surface area contributed by atoms with E-state index in [0.717, 1.165) is 24.0 Å². The third kappa shape index (κ3) is 2.02. The van der Waals surface area contributed by atoms with Crippen molar-refractivity contribution in [1.82, 2.24) is 0 Å². The molecule has 1 aromatic rings. The number of aromatic carboxylic acids is 1. The largest absolute Gasteiger partial charge is 0.478 e. The molecule has 0 heterocycles. The van der Waals surface area contributed by atoms with Crippen molar-refractivity contribution in [2.75, 3.05) is 0 Å². The van der Waals surface area contributed by atoms with E-state index in [0.29, 0.717) is 6.42 Å². The van der Waals surface area contributed by atoms with Crippen molar-refractivity contribution in [3.8, 4) is 0 Å². The van der Waals surface area contributed by atoms with Crippen LogP contribution in [0.3, 0.4) is 0 Å². The number of fused-ring (bicyclic) bond motifs is 1. The van der Waals surface area contributed by atoms with E-state index >= 15 is 0 Å². The summed E-state index contributed by atoms with van der Waals surface area (Å²) in [6, 6.07) is 5.09. The highest BCUT2D eigenvalue weighted by Crippen LogP contribution is 2.24. The van der Waals surface area contributed by atoms with Crippen molar-refractivity contribution in [3.63, 3.8) is 0 Å². The van der Waals surface area contributed by atoms with Crippen LogP contribution in [0.1, 0.15) is 27.9 Å². The second-order valence-corrected chi connectivity index (χ2v) is 3.91. The van der Waals surface area contributed by atoms with E-state index in [9.17, 15) is 9.59 Å². The van der Waals surface area contributed by atoms with Crippen LogP contribution in [0.25, 0.3) is 0 Å². The number of aliphatic imine (C=N–C) groups is 1. The Hall–Kier alpha value is -1.93. The van der Waals surface area contributed by atoms with E-state index in [1.165, 1.54) is 0 Å². The van der Waals surface area contributed by atoms with Gasteiger partial charge in [-0.3, -0.25) is 0 Å². The number of rotatable bonds is 2. The molecule has 1 aromatic carbocycles. The maximum Gasteiger partial charge on any atom is 0.335 e. The zero-order chi connectivity index (χ0) is 11.5. The highest BCUT2D eigenvalue weighted by molar-refractivity contribution is 5.87. The van der Waals surface area contributed by atoms with Crippen LogP contribution < -0.4 is 0 Å². The van der Waals surface area contributed by atoms with E-state index in [1.54, 1.807) is 18.2 Å². The monoisotopic (exact) mass is 217 g/mol. The summed E-state index contributed by atoms with van der Waals surface area (Å²) in [4.78, 5) is 24.7. The smallest absolute Gasteiger partial charge is 0.335 e. The number of carbonyl (C=O) groups is 1. The lowest BCUT2D eigenvalue weighted by molar-refractivity contribution is 0.0696.